The molecular formula is C18H14F3N3O4S. The zero-order valence-corrected chi connectivity index (χ0v) is 15.7. The van der Waals surface area contributed by atoms with Crippen molar-refractivity contribution in [2.75, 3.05) is 11.8 Å². The lowest BCUT2D eigenvalue weighted by Crippen LogP contribution is -2.17. The number of esters is 1. The number of hydrogen-bond donors (Lipinski definition) is 1. The zero-order valence-electron chi connectivity index (χ0n) is 14.8. The van der Waals surface area contributed by atoms with E-state index in [-0.39, 0.29) is 21.8 Å². The molecule has 7 nitrogen and oxygen atoms in total. The van der Waals surface area contributed by atoms with Crippen molar-refractivity contribution in [3.8, 4) is 5.69 Å². The fraction of sp³-hybridized carbons (Fsp3) is 0.111. The number of nitrogens with one attached hydrogen (secondary N) is 1. The predicted octanol–water partition coefficient (Wildman–Crippen LogP) is 3.48. The largest absolute Gasteiger partial charge is 0.465 e. The molecule has 3 rings (SSSR count). The quantitative estimate of drug-likeness (QED) is 0.632. The average Bonchev–Trinajstić information content (AvgIpc) is 3.21. The Kier molecular flexibility index (Phi) is 5.33. The molecule has 0 aliphatic heterocycles. The molecule has 0 saturated heterocycles. The van der Waals surface area contributed by atoms with Crippen molar-refractivity contribution >= 4 is 21.7 Å². The Morgan fingerprint density at radius 2 is 1.90 bits per heavy atom. The Morgan fingerprint density at radius 3 is 2.52 bits per heavy atom. The number of ether oxygens (including phenoxy) is 1. The smallest absolute Gasteiger partial charge is 0.416 e. The number of halogens is 3. The summed E-state index contributed by atoms with van der Waals surface area (Å²) in [6, 6.07) is 9.09. The second-order valence-corrected chi connectivity index (χ2v) is 7.49. The minimum Gasteiger partial charge on any atom is -0.465 e. The molecule has 0 aliphatic rings. The van der Waals surface area contributed by atoms with Crippen LogP contribution in [0.1, 0.15) is 15.9 Å². The van der Waals surface area contributed by atoms with Gasteiger partial charge in [-0.25, -0.2) is 17.9 Å². The Hall–Kier alpha value is -3.34. The third-order valence-corrected chi connectivity index (χ3v) is 5.25. The third-order valence-electron chi connectivity index (χ3n) is 3.88. The summed E-state index contributed by atoms with van der Waals surface area (Å²) in [5.74, 6) is -0.752. The van der Waals surface area contributed by atoms with E-state index in [9.17, 15) is 26.4 Å². The predicted molar refractivity (Wildman–Crippen MR) is 97.2 cm³/mol. The highest BCUT2D eigenvalue weighted by atomic mass is 32.2. The number of hydrogen-bond acceptors (Lipinski definition) is 5. The molecule has 1 aromatic heterocycles. The standard InChI is InChI=1S/C18H14F3N3O4S/c1-28-17(25)12-4-2-5-14(10-12)29(26,27)23-15-11-13(18(19,20)21)6-7-16(15)24-9-3-8-22-24/h2-11,23H,1H3. The number of sulfonamides is 1. The Labute approximate surface area is 163 Å². The number of anilines is 1. The first-order valence-electron chi connectivity index (χ1n) is 8.04. The van der Waals surface area contributed by atoms with Crippen LogP contribution in [-0.2, 0) is 20.9 Å². The van der Waals surface area contributed by atoms with Gasteiger partial charge in [0.1, 0.15) is 0 Å². The first-order valence-corrected chi connectivity index (χ1v) is 9.52. The fourth-order valence-corrected chi connectivity index (χ4v) is 3.63. The number of nitrogens with zero attached hydrogens (tertiary/aromatic N) is 2. The van der Waals surface area contributed by atoms with Crippen LogP contribution in [0.4, 0.5) is 18.9 Å². The fourth-order valence-electron chi connectivity index (χ4n) is 2.52. The van der Waals surface area contributed by atoms with Crippen LogP contribution in [0.2, 0.25) is 0 Å². The van der Waals surface area contributed by atoms with Gasteiger partial charge >= 0.3 is 12.1 Å². The molecule has 0 amide bonds. The molecule has 0 fully saturated rings. The summed E-state index contributed by atoms with van der Waals surface area (Å²) in [5.41, 5.74) is -1.29. The van der Waals surface area contributed by atoms with Crippen LogP contribution < -0.4 is 4.72 Å². The van der Waals surface area contributed by atoms with E-state index in [0.717, 1.165) is 25.3 Å². The number of aromatic nitrogens is 2. The second-order valence-electron chi connectivity index (χ2n) is 5.81. The Morgan fingerprint density at radius 1 is 1.14 bits per heavy atom. The maximum Gasteiger partial charge on any atom is 0.416 e. The Balaban J connectivity index is 2.07. The van der Waals surface area contributed by atoms with Crippen molar-refractivity contribution in [2.45, 2.75) is 11.1 Å². The molecule has 2 aromatic carbocycles. The monoisotopic (exact) mass is 425 g/mol. The van der Waals surface area contributed by atoms with E-state index in [1.54, 1.807) is 0 Å². The van der Waals surface area contributed by atoms with Gasteiger partial charge < -0.3 is 4.74 Å². The van der Waals surface area contributed by atoms with Crippen molar-refractivity contribution in [3.05, 3.63) is 72.1 Å². The van der Waals surface area contributed by atoms with Gasteiger partial charge in [-0.05, 0) is 42.5 Å². The van der Waals surface area contributed by atoms with E-state index in [1.165, 1.54) is 41.3 Å². The second kappa shape index (κ2) is 7.59. The van der Waals surface area contributed by atoms with Crippen molar-refractivity contribution < 1.29 is 31.1 Å². The molecule has 3 aromatic rings. The van der Waals surface area contributed by atoms with Gasteiger partial charge in [0.25, 0.3) is 10.0 Å². The lowest BCUT2D eigenvalue weighted by molar-refractivity contribution is -0.137. The van der Waals surface area contributed by atoms with E-state index in [1.807, 2.05) is 0 Å². The van der Waals surface area contributed by atoms with Crippen LogP contribution in [0.5, 0.6) is 0 Å². The van der Waals surface area contributed by atoms with E-state index in [2.05, 4.69) is 14.6 Å². The van der Waals surface area contributed by atoms with Gasteiger partial charge in [-0.2, -0.15) is 18.3 Å². The SMILES string of the molecule is COC(=O)c1cccc(S(=O)(=O)Nc2cc(C(F)(F)F)ccc2-n2cccn2)c1. The van der Waals surface area contributed by atoms with Gasteiger partial charge in [-0.1, -0.05) is 6.07 Å². The van der Waals surface area contributed by atoms with Gasteiger partial charge in [-0.15, -0.1) is 0 Å². The highest BCUT2D eigenvalue weighted by Gasteiger charge is 2.32. The van der Waals surface area contributed by atoms with Crippen molar-refractivity contribution in [2.24, 2.45) is 0 Å². The summed E-state index contributed by atoms with van der Waals surface area (Å²) in [7, 11) is -3.18. The van der Waals surface area contributed by atoms with E-state index in [0.29, 0.717) is 6.07 Å². The lowest BCUT2D eigenvalue weighted by Gasteiger charge is -2.16. The summed E-state index contributed by atoms with van der Waals surface area (Å²) < 4.78 is 72.9. The summed E-state index contributed by atoms with van der Waals surface area (Å²) in [6.45, 7) is 0. The minimum absolute atomic E-state index is 0.0216. The van der Waals surface area contributed by atoms with Gasteiger partial charge in [0.05, 0.1) is 34.5 Å². The molecule has 0 aliphatic carbocycles. The summed E-state index contributed by atoms with van der Waals surface area (Å²) in [5, 5.41) is 3.93. The van der Waals surface area contributed by atoms with Crippen molar-refractivity contribution in [1.82, 2.24) is 9.78 Å². The van der Waals surface area contributed by atoms with E-state index < -0.39 is 27.7 Å². The van der Waals surface area contributed by atoms with Crippen LogP contribution >= 0.6 is 0 Å². The molecule has 0 bridgehead atoms. The normalized spacial score (nSPS) is 11.9. The van der Waals surface area contributed by atoms with Gasteiger partial charge in [0.15, 0.2) is 0 Å². The minimum atomic E-state index is -4.67. The van der Waals surface area contributed by atoms with E-state index >= 15 is 0 Å². The number of carbonyl (C=O) groups excluding carboxylic acids is 1. The molecule has 0 unspecified atom stereocenters. The first-order chi connectivity index (χ1) is 13.6. The molecule has 1 N–H and O–H groups in total. The van der Waals surface area contributed by atoms with Crippen LogP contribution in [0.25, 0.3) is 5.69 Å². The maximum absolute atomic E-state index is 13.1. The van der Waals surface area contributed by atoms with E-state index in [4.69, 9.17) is 0 Å². The molecule has 11 heteroatoms. The molecule has 29 heavy (non-hydrogen) atoms. The molecular weight excluding hydrogens is 411 g/mol. The topological polar surface area (TPSA) is 90.3 Å². The summed E-state index contributed by atoms with van der Waals surface area (Å²) >= 11 is 0. The molecule has 0 saturated carbocycles. The van der Waals surface area contributed by atoms with Crippen LogP contribution in [0.3, 0.4) is 0 Å². The molecule has 0 radical (unpaired) electrons. The number of benzene rings is 2. The Bertz CT molecular complexity index is 1140. The maximum atomic E-state index is 13.1. The summed E-state index contributed by atoms with van der Waals surface area (Å²) in [4.78, 5) is 11.3. The molecule has 0 spiro atoms. The highest BCUT2D eigenvalue weighted by Crippen LogP contribution is 2.34. The third kappa shape index (κ3) is 4.40. The molecule has 1 heterocycles. The molecule has 0 atom stereocenters. The number of carbonyl (C=O) groups is 1. The number of methoxy groups -OCH3 is 1. The van der Waals surface area contributed by atoms with Crippen molar-refractivity contribution in [3.63, 3.8) is 0 Å². The van der Waals surface area contributed by atoms with Gasteiger partial charge in [-0.3, -0.25) is 4.72 Å². The molecule has 152 valence electrons. The number of rotatable bonds is 5. The lowest BCUT2D eigenvalue weighted by atomic mass is 10.1. The van der Waals surface area contributed by atoms with Crippen LogP contribution in [0.15, 0.2) is 65.8 Å². The number of alkyl halides is 3. The van der Waals surface area contributed by atoms with Crippen LogP contribution in [0, 0.1) is 0 Å². The van der Waals surface area contributed by atoms with Gasteiger partial charge in [0.2, 0.25) is 0 Å². The zero-order chi connectivity index (χ0) is 21.2. The average molecular weight is 425 g/mol. The van der Waals surface area contributed by atoms with Crippen LogP contribution in [-0.4, -0.2) is 31.3 Å². The first kappa shape index (κ1) is 20.4. The van der Waals surface area contributed by atoms with Gasteiger partial charge in [0, 0.05) is 12.4 Å². The summed E-state index contributed by atoms with van der Waals surface area (Å²) in [6.07, 6.45) is -1.82. The highest BCUT2D eigenvalue weighted by molar-refractivity contribution is 7.92. The van der Waals surface area contributed by atoms with Crippen molar-refractivity contribution in [1.29, 1.82) is 0 Å².